The Morgan fingerprint density at radius 2 is 1.90 bits per heavy atom. The highest BCUT2D eigenvalue weighted by molar-refractivity contribution is 6.02. The lowest BCUT2D eigenvalue weighted by Crippen LogP contribution is -2.33. The molecule has 0 saturated heterocycles. The number of carbonyl (C=O) groups excluding carboxylic acids is 2. The zero-order valence-corrected chi connectivity index (χ0v) is 17.0. The molecule has 1 saturated carbocycles. The SMILES string of the molecule is CCCCC(=O)Nc1ccc(N2CCc3ccccc3C2)c(C(=O)NC2CC2)c1. The van der Waals surface area contributed by atoms with Crippen LogP contribution in [0, 0.1) is 0 Å². The van der Waals surface area contributed by atoms with E-state index in [-0.39, 0.29) is 11.8 Å². The molecule has 0 radical (unpaired) electrons. The first-order valence-corrected chi connectivity index (χ1v) is 10.7. The van der Waals surface area contributed by atoms with Crippen LogP contribution in [0.2, 0.25) is 0 Å². The van der Waals surface area contributed by atoms with E-state index in [1.807, 2.05) is 18.2 Å². The Morgan fingerprint density at radius 1 is 1.10 bits per heavy atom. The Morgan fingerprint density at radius 3 is 2.66 bits per heavy atom. The average Bonchev–Trinajstić information content (AvgIpc) is 3.56. The van der Waals surface area contributed by atoms with Gasteiger partial charge >= 0.3 is 0 Å². The summed E-state index contributed by atoms with van der Waals surface area (Å²) in [6.45, 7) is 3.74. The van der Waals surface area contributed by atoms with E-state index in [0.717, 1.165) is 50.9 Å². The van der Waals surface area contributed by atoms with Crippen LogP contribution in [-0.4, -0.2) is 24.4 Å². The van der Waals surface area contributed by atoms with Crippen LogP contribution in [0.15, 0.2) is 42.5 Å². The van der Waals surface area contributed by atoms with Gasteiger partial charge in [-0.3, -0.25) is 9.59 Å². The summed E-state index contributed by atoms with van der Waals surface area (Å²) in [5.74, 6) is -0.0499. The van der Waals surface area contributed by atoms with Crippen LogP contribution in [-0.2, 0) is 17.8 Å². The molecule has 2 amide bonds. The maximum Gasteiger partial charge on any atom is 0.253 e. The Balaban J connectivity index is 1.58. The maximum atomic E-state index is 13.0. The van der Waals surface area contributed by atoms with Crippen LogP contribution in [0.5, 0.6) is 0 Å². The molecule has 1 aliphatic heterocycles. The van der Waals surface area contributed by atoms with Crippen LogP contribution in [0.4, 0.5) is 11.4 Å². The highest BCUT2D eigenvalue weighted by atomic mass is 16.2. The zero-order valence-electron chi connectivity index (χ0n) is 17.0. The molecule has 0 unspecified atom stereocenters. The number of nitrogens with one attached hydrogen (secondary N) is 2. The summed E-state index contributed by atoms with van der Waals surface area (Å²) < 4.78 is 0. The Bertz CT molecular complexity index is 905. The van der Waals surface area contributed by atoms with Crippen molar-refractivity contribution in [3.63, 3.8) is 0 Å². The minimum atomic E-state index is -0.0500. The van der Waals surface area contributed by atoms with Gasteiger partial charge < -0.3 is 15.5 Å². The lowest BCUT2D eigenvalue weighted by molar-refractivity contribution is -0.116. The molecule has 0 aromatic heterocycles. The molecule has 5 nitrogen and oxygen atoms in total. The molecule has 29 heavy (non-hydrogen) atoms. The van der Waals surface area contributed by atoms with Gasteiger partial charge in [-0.25, -0.2) is 0 Å². The topological polar surface area (TPSA) is 61.4 Å². The van der Waals surface area contributed by atoms with Gasteiger partial charge in [0.25, 0.3) is 5.91 Å². The molecule has 152 valence electrons. The van der Waals surface area contributed by atoms with Gasteiger partial charge in [-0.15, -0.1) is 0 Å². The molecular weight excluding hydrogens is 362 g/mol. The number of carbonyl (C=O) groups is 2. The second kappa shape index (κ2) is 8.68. The first-order chi connectivity index (χ1) is 14.1. The fourth-order valence-electron chi connectivity index (χ4n) is 3.82. The number of fused-ring (bicyclic) bond motifs is 1. The van der Waals surface area contributed by atoms with Crippen molar-refractivity contribution in [1.82, 2.24) is 5.32 Å². The van der Waals surface area contributed by atoms with Crippen LogP contribution < -0.4 is 15.5 Å². The van der Waals surface area contributed by atoms with Crippen LogP contribution >= 0.6 is 0 Å². The normalized spacial score (nSPS) is 15.6. The summed E-state index contributed by atoms with van der Waals surface area (Å²) in [6.07, 6.45) is 5.42. The van der Waals surface area contributed by atoms with E-state index in [0.29, 0.717) is 23.7 Å². The monoisotopic (exact) mass is 391 g/mol. The molecule has 5 heteroatoms. The smallest absolute Gasteiger partial charge is 0.253 e. The molecular formula is C24H29N3O2. The number of hydrogen-bond donors (Lipinski definition) is 2. The predicted octanol–water partition coefficient (Wildman–Crippen LogP) is 4.27. The number of unbranched alkanes of at least 4 members (excludes halogenated alkanes) is 1. The Kier molecular flexibility index (Phi) is 5.84. The summed E-state index contributed by atoms with van der Waals surface area (Å²) >= 11 is 0. The summed E-state index contributed by atoms with van der Waals surface area (Å²) in [6, 6.07) is 14.5. The van der Waals surface area contributed by atoms with Gasteiger partial charge in [-0.2, -0.15) is 0 Å². The second-order valence-corrected chi connectivity index (χ2v) is 8.07. The molecule has 0 atom stereocenters. The minimum absolute atomic E-state index is 0.0000472. The van der Waals surface area contributed by atoms with E-state index in [9.17, 15) is 9.59 Å². The molecule has 2 aromatic rings. The number of anilines is 2. The summed E-state index contributed by atoms with van der Waals surface area (Å²) in [7, 11) is 0. The van der Waals surface area contributed by atoms with E-state index < -0.39 is 0 Å². The molecule has 2 N–H and O–H groups in total. The maximum absolute atomic E-state index is 13.0. The van der Waals surface area contributed by atoms with Gasteiger partial charge in [0.2, 0.25) is 5.91 Å². The molecule has 1 aliphatic carbocycles. The van der Waals surface area contributed by atoms with Gasteiger partial charge in [-0.05, 0) is 55.0 Å². The molecule has 0 spiro atoms. The van der Waals surface area contributed by atoms with E-state index in [1.54, 1.807) is 0 Å². The van der Waals surface area contributed by atoms with Gasteiger partial charge in [0.05, 0.1) is 5.56 Å². The van der Waals surface area contributed by atoms with Crippen molar-refractivity contribution in [3.8, 4) is 0 Å². The highest BCUT2D eigenvalue weighted by Crippen LogP contribution is 2.30. The Labute approximate surface area is 172 Å². The lowest BCUT2D eigenvalue weighted by Gasteiger charge is -2.32. The van der Waals surface area contributed by atoms with E-state index in [1.165, 1.54) is 11.1 Å². The van der Waals surface area contributed by atoms with E-state index in [4.69, 9.17) is 0 Å². The number of amides is 2. The van der Waals surface area contributed by atoms with Crippen molar-refractivity contribution >= 4 is 23.2 Å². The molecule has 1 fully saturated rings. The lowest BCUT2D eigenvalue weighted by atomic mass is 9.98. The van der Waals surface area contributed by atoms with Crippen molar-refractivity contribution in [2.24, 2.45) is 0 Å². The third-order valence-electron chi connectivity index (χ3n) is 5.67. The summed E-state index contributed by atoms with van der Waals surface area (Å²) in [4.78, 5) is 27.4. The Hall–Kier alpha value is -2.82. The van der Waals surface area contributed by atoms with Gasteiger partial charge in [0.1, 0.15) is 0 Å². The van der Waals surface area contributed by atoms with Crippen LogP contribution in [0.3, 0.4) is 0 Å². The fraction of sp³-hybridized carbons (Fsp3) is 0.417. The van der Waals surface area contributed by atoms with E-state index in [2.05, 4.69) is 46.7 Å². The van der Waals surface area contributed by atoms with Crippen LogP contribution in [0.25, 0.3) is 0 Å². The predicted molar refractivity (Wildman–Crippen MR) is 116 cm³/mol. The average molecular weight is 392 g/mol. The fourth-order valence-corrected chi connectivity index (χ4v) is 3.82. The van der Waals surface area contributed by atoms with Crippen molar-refractivity contribution in [3.05, 3.63) is 59.2 Å². The largest absolute Gasteiger partial charge is 0.366 e. The summed E-state index contributed by atoms with van der Waals surface area (Å²) in [5.41, 5.74) is 4.96. The minimum Gasteiger partial charge on any atom is -0.366 e. The van der Waals surface area contributed by atoms with Crippen molar-refractivity contribution in [1.29, 1.82) is 0 Å². The zero-order chi connectivity index (χ0) is 20.2. The molecule has 2 aromatic carbocycles. The van der Waals surface area contributed by atoms with E-state index >= 15 is 0 Å². The number of nitrogens with zero attached hydrogens (tertiary/aromatic N) is 1. The molecule has 2 aliphatic rings. The van der Waals surface area contributed by atoms with Crippen molar-refractivity contribution in [2.75, 3.05) is 16.8 Å². The molecule has 4 rings (SSSR count). The highest BCUT2D eigenvalue weighted by Gasteiger charge is 2.27. The second-order valence-electron chi connectivity index (χ2n) is 8.07. The number of benzene rings is 2. The van der Waals surface area contributed by atoms with Crippen molar-refractivity contribution in [2.45, 2.75) is 58.0 Å². The van der Waals surface area contributed by atoms with Gasteiger partial charge in [-0.1, -0.05) is 37.6 Å². The standard InChI is InChI=1S/C24H29N3O2/c1-2-3-8-23(28)25-20-11-12-22(21(15-20)24(29)26-19-9-10-19)27-14-13-17-6-4-5-7-18(17)16-27/h4-7,11-12,15,19H,2-3,8-10,13-14,16H2,1H3,(H,25,28)(H,26,29). The van der Waals surface area contributed by atoms with Gasteiger partial charge in [0.15, 0.2) is 0 Å². The number of rotatable bonds is 7. The quantitative estimate of drug-likeness (QED) is 0.741. The first-order valence-electron chi connectivity index (χ1n) is 10.7. The van der Waals surface area contributed by atoms with Crippen LogP contribution in [0.1, 0.15) is 60.5 Å². The number of hydrogen-bond acceptors (Lipinski definition) is 3. The first kappa shape index (κ1) is 19.5. The molecule has 1 heterocycles. The summed E-state index contributed by atoms with van der Waals surface area (Å²) in [5, 5.41) is 6.05. The third kappa shape index (κ3) is 4.78. The van der Waals surface area contributed by atoms with Crippen molar-refractivity contribution < 1.29 is 9.59 Å². The third-order valence-corrected chi connectivity index (χ3v) is 5.67. The van der Waals surface area contributed by atoms with Gasteiger partial charge in [0, 0.05) is 36.9 Å². The molecule has 0 bridgehead atoms.